The Bertz CT molecular complexity index is 240. The Morgan fingerprint density at radius 3 is 2.75 bits per heavy atom. The monoisotopic (exact) mass is 183 g/mol. The van der Waals surface area contributed by atoms with Crippen molar-refractivity contribution in [3.05, 3.63) is 23.8 Å². The van der Waals surface area contributed by atoms with Gasteiger partial charge in [0.2, 0.25) is 0 Å². The third kappa shape index (κ3) is 1.73. The van der Waals surface area contributed by atoms with E-state index in [1.165, 1.54) is 0 Å². The van der Waals surface area contributed by atoms with Crippen LogP contribution in [0.3, 0.4) is 0 Å². The van der Waals surface area contributed by atoms with Gasteiger partial charge in [-0.1, -0.05) is 12.1 Å². The zero-order valence-corrected chi connectivity index (χ0v) is 8.15. The van der Waals surface area contributed by atoms with Gasteiger partial charge < -0.3 is 10.5 Å². The molecule has 2 N–H and O–H groups in total. The van der Waals surface area contributed by atoms with E-state index < -0.39 is 0 Å². The summed E-state index contributed by atoms with van der Waals surface area (Å²) in [6.45, 7) is 0.563. The van der Waals surface area contributed by atoms with Crippen molar-refractivity contribution < 1.29 is 4.74 Å². The standard InChI is InChI=1S/C9H13NOS/c1-11-8-5-3-4-7(6-10)9(8)12-2/h3-5H,6,10H2,1-2H3. The van der Waals surface area contributed by atoms with Gasteiger partial charge in [0.1, 0.15) is 5.75 Å². The number of hydrogen-bond acceptors (Lipinski definition) is 3. The maximum Gasteiger partial charge on any atom is 0.132 e. The molecule has 1 aromatic carbocycles. The second-order valence-corrected chi connectivity index (χ2v) is 3.17. The number of ether oxygens (including phenoxy) is 1. The van der Waals surface area contributed by atoms with E-state index in [0.29, 0.717) is 6.54 Å². The van der Waals surface area contributed by atoms with Gasteiger partial charge >= 0.3 is 0 Å². The molecule has 12 heavy (non-hydrogen) atoms. The van der Waals surface area contributed by atoms with E-state index in [1.807, 2.05) is 24.5 Å². The summed E-state index contributed by atoms with van der Waals surface area (Å²) in [6, 6.07) is 5.93. The number of rotatable bonds is 3. The van der Waals surface area contributed by atoms with Crippen molar-refractivity contribution in [1.29, 1.82) is 0 Å². The van der Waals surface area contributed by atoms with E-state index >= 15 is 0 Å². The van der Waals surface area contributed by atoms with Crippen molar-refractivity contribution in [1.82, 2.24) is 0 Å². The first kappa shape index (κ1) is 9.42. The maximum absolute atomic E-state index is 5.58. The van der Waals surface area contributed by atoms with Gasteiger partial charge in [-0.05, 0) is 17.9 Å². The van der Waals surface area contributed by atoms with Gasteiger partial charge in [-0.2, -0.15) is 0 Å². The van der Waals surface area contributed by atoms with Crippen LogP contribution in [0.4, 0.5) is 0 Å². The summed E-state index contributed by atoms with van der Waals surface area (Å²) < 4.78 is 5.20. The van der Waals surface area contributed by atoms with E-state index in [0.717, 1.165) is 16.2 Å². The first-order valence-corrected chi connectivity index (χ1v) is 4.96. The average molecular weight is 183 g/mol. The molecule has 0 amide bonds. The molecule has 3 heteroatoms. The van der Waals surface area contributed by atoms with Crippen LogP contribution in [-0.2, 0) is 6.54 Å². The fourth-order valence-electron chi connectivity index (χ4n) is 1.11. The minimum atomic E-state index is 0.563. The van der Waals surface area contributed by atoms with Crippen LogP contribution < -0.4 is 10.5 Å². The second-order valence-electron chi connectivity index (χ2n) is 2.36. The van der Waals surface area contributed by atoms with Gasteiger partial charge in [-0.3, -0.25) is 0 Å². The Morgan fingerprint density at radius 1 is 1.50 bits per heavy atom. The number of thioether (sulfide) groups is 1. The van der Waals surface area contributed by atoms with Gasteiger partial charge in [0, 0.05) is 6.54 Å². The molecule has 0 aliphatic carbocycles. The predicted molar refractivity (Wildman–Crippen MR) is 52.7 cm³/mol. The molecule has 66 valence electrons. The van der Waals surface area contributed by atoms with Gasteiger partial charge in [0.05, 0.1) is 12.0 Å². The summed E-state index contributed by atoms with van der Waals surface area (Å²) in [7, 11) is 1.68. The summed E-state index contributed by atoms with van der Waals surface area (Å²) >= 11 is 1.67. The molecule has 0 spiro atoms. The second kappa shape index (κ2) is 4.38. The Hall–Kier alpha value is -0.670. The van der Waals surface area contributed by atoms with Crippen LogP contribution in [0.2, 0.25) is 0 Å². The topological polar surface area (TPSA) is 35.2 Å². The van der Waals surface area contributed by atoms with Crippen molar-refractivity contribution in [2.45, 2.75) is 11.4 Å². The Kier molecular flexibility index (Phi) is 3.44. The molecule has 0 heterocycles. The molecule has 0 aliphatic rings. The summed E-state index contributed by atoms with van der Waals surface area (Å²) in [5, 5.41) is 0. The average Bonchev–Trinajstić information content (AvgIpc) is 2.16. The summed E-state index contributed by atoms with van der Waals surface area (Å²) in [5.41, 5.74) is 6.72. The third-order valence-corrected chi connectivity index (χ3v) is 2.58. The lowest BCUT2D eigenvalue weighted by Gasteiger charge is -2.09. The SMILES string of the molecule is COc1cccc(CN)c1SC. The fourth-order valence-corrected chi connectivity index (χ4v) is 1.88. The van der Waals surface area contributed by atoms with Crippen LogP contribution in [0.25, 0.3) is 0 Å². The van der Waals surface area contributed by atoms with Gasteiger partial charge in [-0.25, -0.2) is 0 Å². The molecule has 0 radical (unpaired) electrons. The van der Waals surface area contributed by atoms with Crippen molar-refractivity contribution in [3.63, 3.8) is 0 Å². The molecule has 0 fully saturated rings. The van der Waals surface area contributed by atoms with Crippen LogP contribution in [0.1, 0.15) is 5.56 Å². The Morgan fingerprint density at radius 2 is 2.25 bits per heavy atom. The molecule has 2 nitrogen and oxygen atoms in total. The van der Waals surface area contributed by atoms with E-state index in [-0.39, 0.29) is 0 Å². The summed E-state index contributed by atoms with van der Waals surface area (Å²) in [5.74, 6) is 0.908. The van der Waals surface area contributed by atoms with Crippen molar-refractivity contribution in [3.8, 4) is 5.75 Å². The fraction of sp³-hybridized carbons (Fsp3) is 0.333. The summed E-state index contributed by atoms with van der Waals surface area (Å²) in [4.78, 5) is 1.14. The van der Waals surface area contributed by atoms with Crippen molar-refractivity contribution in [2.24, 2.45) is 5.73 Å². The molecule has 0 saturated carbocycles. The number of methoxy groups -OCH3 is 1. The lowest BCUT2D eigenvalue weighted by Crippen LogP contribution is -1.99. The molecule has 0 unspecified atom stereocenters. The molecule has 1 rings (SSSR count). The van der Waals surface area contributed by atoms with Crippen LogP contribution >= 0.6 is 11.8 Å². The highest BCUT2D eigenvalue weighted by Crippen LogP contribution is 2.30. The van der Waals surface area contributed by atoms with E-state index in [2.05, 4.69) is 0 Å². The van der Waals surface area contributed by atoms with Crippen molar-refractivity contribution >= 4 is 11.8 Å². The third-order valence-electron chi connectivity index (χ3n) is 1.70. The Balaban J connectivity index is 3.13. The van der Waals surface area contributed by atoms with Gasteiger partial charge in [0.15, 0.2) is 0 Å². The highest BCUT2D eigenvalue weighted by molar-refractivity contribution is 7.98. The molecular formula is C9H13NOS. The predicted octanol–water partition coefficient (Wildman–Crippen LogP) is 1.88. The lowest BCUT2D eigenvalue weighted by molar-refractivity contribution is 0.404. The molecule has 1 aromatic rings. The van der Waals surface area contributed by atoms with Crippen LogP contribution in [0, 0.1) is 0 Å². The normalized spacial score (nSPS) is 9.92. The number of nitrogens with two attached hydrogens (primary N) is 1. The Labute approximate surface area is 77.1 Å². The lowest BCUT2D eigenvalue weighted by atomic mass is 10.2. The smallest absolute Gasteiger partial charge is 0.132 e. The van der Waals surface area contributed by atoms with E-state index in [9.17, 15) is 0 Å². The summed E-state index contributed by atoms with van der Waals surface area (Å²) in [6.07, 6.45) is 2.02. The highest BCUT2D eigenvalue weighted by atomic mass is 32.2. The van der Waals surface area contributed by atoms with Crippen LogP contribution in [0.5, 0.6) is 5.75 Å². The minimum Gasteiger partial charge on any atom is -0.496 e. The maximum atomic E-state index is 5.58. The molecule has 0 aromatic heterocycles. The zero-order chi connectivity index (χ0) is 8.97. The number of hydrogen-bond donors (Lipinski definition) is 1. The zero-order valence-electron chi connectivity index (χ0n) is 7.33. The minimum absolute atomic E-state index is 0.563. The molecule has 0 saturated heterocycles. The van der Waals surface area contributed by atoms with Crippen molar-refractivity contribution in [2.75, 3.05) is 13.4 Å². The van der Waals surface area contributed by atoms with E-state index in [1.54, 1.807) is 18.9 Å². The van der Waals surface area contributed by atoms with Gasteiger partial charge in [0.25, 0.3) is 0 Å². The molecule has 0 atom stereocenters. The first-order valence-electron chi connectivity index (χ1n) is 3.73. The first-order chi connectivity index (χ1) is 5.83. The molecular weight excluding hydrogens is 170 g/mol. The van der Waals surface area contributed by atoms with Gasteiger partial charge in [-0.15, -0.1) is 11.8 Å². The number of benzene rings is 1. The van der Waals surface area contributed by atoms with Crippen LogP contribution in [-0.4, -0.2) is 13.4 Å². The van der Waals surface area contributed by atoms with E-state index in [4.69, 9.17) is 10.5 Å². The molecule has 0 aliphatic heterocycles. The quantitative estimate of drug-likeness (QED) is 0.727. The largest absolute Gasteiger partial charge is 0.496 e. The van der Waals surface area contributed by atoms with Crippen LogP contribution in [0.15, 0.2) is 23.1 Å². The molecule has 0 bridgehead atoms. The highest BCUT2D eigenvalue weighted by Gasteiger charge is 2.05.